The maximum atomic E-state index is 11.7. The van der Waals surface area contributed by atoms with Gasteiger partial charge in [-0.3, -0.25) is 4.79 Å². The van der Waals surface area contributed by atoms with Gasteiger partial charge in [-0.25, -0.2) is 4.79 Å². The van der Waals surface area contributed by atoms with E-state index in [1.54, 1.807) is 6.92 Å². The molecule has 112 valence electrons. The van der Waals surface area contributed by atoms with E-state index in [9.17, 15) is 9.59 Å². The molecule has 5 heteroatoms. The first-order valence-corrected chi connectivity index (χ1v) is 7.00. The van der Waals surface area contributed by atoms with Gasteiger partial charge in [-0.05, 0) is 26.2 Å². The van der Waals surface area contributed by atoms with Crippen molar-refractivity contribution < 1.29 is 23.8 Å². The van der Waals surface area contributed by atoms with Crippen LogP contribution in [0.1, 0.15) is 33.6 Å². The van der Waals surface area contributed by atoms with Gasteiger partial charge in [0.15, 0.2) is 0 Å². The molecular formula is C15H22O5. The number of esters is 2. The molecular weight excluding hydrogens is 260 g/mol. The van der Waals surface area contributed by atoms with Crippen molar-refractivity contribution in [3.8, 4) is 0 Å². The lowest BCUT2D eigenvalue weighted by Gasteiger charge is -2.39. The Morgan fingerprint density at radius 3 is 2.85 bits per heavy atom. The molecule has 5 nitrogen and oxygen atoms in total. The number of hydrogen-bond donors (Lipinski definition) is 0. The summed E-state index contributed by atoms with van der Waals surface area (Å²) in [6, 6.07) is 0. The maximum absolute atomic E-state index is 11.7. The minimum atomic E-state index is -0.544. The second kappa shape index (κ2) is 5.56. The molecule has 2 aliphatic rings. The summed E-state index contributed by atoms with van der Waals surface area (Å²) in [6.45, 7) is 9.58. The van der Waals surface area contributed by atoms with E-state index >= 15 is 0 Å². The van der Waals surface area contributed by atoms with Crippen LogP contribution in [0.25, 0.3) is 0 Å². The summed E-state index contributed by atoms with van der Waals surface area (Å²) in [7, 11) is 0. The first-order valence-electron chi connectivity index (χ1n) is 7.00. The summed E-state index contributed by atoms with van der Waals surface area (Å²) in [4.78, 5) is 22.9. The van der Waals surface area contributed by atoms with Crippen molar-refractivity contribution in [2.45, 2.75) is 45.3 Å². The molecule has 2 fully saturated rings. The van der Waals surface area contributed by atoms with Gasteiger partial charge in [0.05, 0.1) is 18.6 Å². The molecule has 0 aromatic heterocycles. The van der Waals surface area contributed by atoms with Crippen molar-refractivity contribution in [2.75, 3.05) is 13.2 Å². The van der Waals surface area contributed by atoms with E-state index in [1.165, 1.54) is 0 Å². The van der Waals surface area contributed by atoms with Gasteiger partial charge in [-0.2, -0.15) is 0 Å². The minimum Gasteiger partial charge on any atom is -0.460 e. The first-order chi connectivity index (χ1) is 9.33. The lowest BCUT2D eigenvalue weighted by atomic mass is 9.74. The van der Waals surface area contributed by atoms with Gasteiger partial charge in [0.2, 0.25) is 0 Å². The SMILES string of the molecule is C=C(C)C(=O)OCCOC1C(C)CC2CC1(C)OC2=O. The van der Waals surface area contributed by atoms with Crippen molar-refractivity contribution >= 4 is 11.9 Å². The summed E-state index contributed by atoms with van der Waals surface area (Å²) >= 11 is 0. The number of rotatable bonds is 5. The highest BCUT2D eigenvalue weighted by Gasteiger charge is 2.55. The van der Waals surface area contributed by atoms with Crippen molar-refractivity contribution in [2.24, 2.45) is 11.8 Å². The molecule has 0 spiro atoms. The highest BCUT2D eigenvalue weighted by molar-refractivity contribution is 5.86. The predicted octanol–water partition coefficient (Wildman–Crippen LogP) is 1.85. The molecule has 4 unspecified atom stereocenters. The Hall–Kier alpha value is -1.36. The van der Waals surface area contributed by atoms with Crippen LogP contribution in [0.3, 0.4) is 0 Å². The molecule has 2 rings (SSSR count). The zero-order valence-corrected chi connectivity index (χ0v) is 12.3. The second-order valence-corrected chi connectivity index (χ2v) is 6.06. The van der Waals surface area contributed by atoms with Crippen LogP contribution in [0.2, 0.25) is 0 Å². The van der Waals surface area contributed by atoms with E-state index in [0.29, 0.717) is 18.6 Å². The molecule has 20 heavy (non-hydrogen) atoms. The predicted molar refractivity (Wildman–Crippen MR) is 71.9 cm³/mol. The van der Waals surface area contributed by atoms with Gasteiger partial charge >= 0.3 is 11.9 Å². The zero-order chi connectivity index (χ0) is 14.9. The first kappa shape index (κ1) is 15.0. The summed E-state index contributed by atoms with van der Waals surface area (Å²) in [5, 5.41) is 0. The summed E-state index contributed by atoms with van der Waals surface area (Å²) in [5.41, 5.74) is -0.173. The minimum absolute atomic E-state index is 0.0103. The van der Waals surface area contributed by atoms with E-state index < -0.39 is 11.6 Å². The Morgan fingerprint density at radius 1 is 1.50 bits per heavy atom. The molecule has 1 saturated heterocycles. The lowest BCUT2D eigenvalue weighted by Crippen LogP contribution is -2.48. The van der Waals surface area contributed by atoms with E-state index in [2.05, 4.69) is 13.5 Å². The molecule has 1 aliphatic carbocycles. The van der Waals surface area contributed by atoms with Crippen molar-refractivity contribution in [1.82, 2.24) is 0 Å². The van der Waals surface area contributed by atoms with Gasteiger partial charge in [0.1, 0.15) is 12.2 Å². The van der Waals surface area contributed by atoms with E-state index in [0.717, 1.165) is 6.42 Å². The van der Waals surface area contributed by atoms with Gasteiger partial charge < -0.3 is 14.2 Å². The Morgan fingerprint density at radius 2 is 2.20 bits per heavy atom. The van der Waals surface area contributed by atoms with Crippen LogP contribution in [-0.4, -0.2) is 36.9 Å². The van der Waals surface area contributed by atoms with E-state index in [1.807, 2.05) is 6.92 Å². The van der Waals surface area contributed by atoms with Crippen LogP contribution in [0.4, 0.5) is 0 Å². The largest absolute Gasteiger partial charge is 0.460 e. The third-order valence-corrected chi connectivity index (χ3v) is 4.06. The van der Waals surface area contributed by atoms with Crippen LogP contribution < -0.4 is 0 Å². The molecule has 0 amide bonds. The van der Waals surface area contributed by atoms with Crippen molar-refractivity contribution in [3.05, 3.63) is 12.2 Å². The van der Waals surface area contributed by atoms with Gasteiger partial charge in [-0.1, -0.05) is 13.5 Å². The highest BCUT2D eigenvalue weighted by atomic mass is 16.6. The average molecular weight is 282 g/mol. The maximum Gasteiger partial charge on any atom is 0.333 e. The van der Waals surface area contributed by atoms with E-state index in [4.69, 9.17) is 14.2 Å². The molecule has 0 aromatic carbocycles. The topological polar surface area (TPSA) is 61.8 Å². The Balaban J connectivity index is 1.84. The van der Waals surface area contributed by atoms with Crippen LogP contribution in [0, 0.1) is 11.8 Å². The third-order valence-electron chi connectivity index (χ3n) is 4.06. The number of carbonyl (C=O) groups excluding carboxylic acids is 2. The summed E-state index contributed by atoms with van der Waals surface area (Å²) in [6.07, 6.45) is 1.37. The average Bonchev–Trinajstić information content (AvgIpc) is 2.59. The smallest absolute Gasteiger partial charge is 0.333 e. The normalized spacial score (nSPS) is 35.5. The van der Waals surface area contributed by atoms with Crippen LogP contribution in [0.5, 0.6) is 0 Å². The van der Waals surface area contributed by atoms with Crippen molar-refractivity contribution in [1.29, 1.82) is 0 Å². The van der Waals surface area contributed by atoms with Gasteiger partial charge in [-0.15, -0.1) is 0 Å². The van der Waals surface area contributed by atoms with E-state index in [-0.39, 0.29) is 30.5 Å². The number of carbonyl (C=O) groups is 2. The monoisotopic (exact) mass is 282 g/mol. The van der Waals surface area contributed by atoms with Crippen LogP contribution in [-0.2, 0) is 23.8 Å². The Kier molecular flexibility index (Phi) is 4.18. The van der Waals surface area contributed by atoms with Crippen LogP contribution >= 0.6 is 0 Å². The fourth-order valence-electron chi connectivity index (χ4n) is 3.23. The van der Waals surface area contributed by atoms with Crippen LogP contribution in [0.15, 0.2) is 12.2 Å². The summed E-state index contributed by atoms with van der Waals surface area (Å²) < 4.78 is 16.3. The molecule has 0 N–H and O–H groups in total. The lowest BCUT2D eigenvalue weighted by molar-refractivity contribution is -0.166. The fourth-order valence-corrected chi connectivity index (χ4v) is 3.23. The molecule has 2 bridgehead atoms. The highest BCUT2D eigenvalue weighted by Crippen LogP contribution is 2.46. The summed E-state index contributed by atoms with van der Waals surface area (Å²) in [5.74, 6) is -0.263. The Bertz CT molecular complexity index is 430. The quantitative estimate of drug-likeness (QED) is 0.437. The Labute approximate surface area is 119 Å². The molecule has 0 aromatic rings. The number of ether oxygens (including phenoxy) is 3. The fraction of sp³-hybridized carbons (Fsp3) is 0.733. The standard InChI is InChI=1S/C15H22O5/c1-9(2)13(16)19-6-5-18-12-10(3)7-11-8-15(12,4)20-14(11)17/h10-12H,1,5-8H2,2-4H3. The van der Waals surface area contributed by atoms with Gasteiger partial charge in [0, 0.05) is 12.0 Å². The second-order valence-electron chi connectivity index (χ2n) is 6.06. The third kappa shape index (κ3) is 2.87. The molecule has 0 radical (unpaired) electrons. The molecule has 1 aliphatic heterocycles. The number of hydrogen-bond acceptors (Lipinski definition) is 5. The molecule has 1 heterocycles. The van der Waals surface area contributed by atoms with Crippen molar-refractivity contribution in [3.63, 3.8) is 0 Å². The van der Waals surface area contributed by atoms with Gasteiger partial charge in [0.25, 0.3) is 0 Å². The zero-order valence-electron chi connectivity index (χ0n) is 12.3. The molecule has 1 saturated carbocycles. The molecule has 4 atom stereocenters. The number of fused-ring (bicyclic) bond motifs is 2.